The predicted octanol–water partition coefficient (Wildman–Crippen LogP) is 3.51. The predicted molar refractivity (Wildman–Crippen MR) is 106 cm³/mol. The molecule has 0 saturated heterocycles. The Hall–Kier alpha value is -3.62. The molecule has 30 heavy (non-hydrogen) atoms. The van der Waals surface area contributed by atoms with E-state index in [1.54, 1.807) is 26.4 Å². The molecule has 9 heteroatoms. The van der Waals surface area contributed by atoms with Crippen LogP contribution in [0.15, 0.2) is 42.5 Å². The molecule has 1 amide bonds. The van der Waals surface area contributed by atoms with Gasteiger partial charge in [-0.25, -0.2) is 8.78 Å². The van der Waals surface area contributed by atoms with E-state index in [9.17, 15) is 13.6 Å². The molecule has 0 aliphatic heterocycles. The number of H-pyrrole nitrogens is 1. The number of ether oxygens (including phenoxy) is 3. The van der Waals surface area contributed by atoms with Crippen molar-refractivity contribution in [3.63, 3.8) is 0 Å². The summed E-state index contributed by atoms with van der Waals surface area (Å²) in [5, 5.41) is 9.45. The number of benzene rings is 2. The van der Waals surface area contributed by atoms with Crippen LogP contribution in [-0.4, -0.2) is 36.9 Å². The van der Waals surface area contributed by atoms with Crippen molar-refractivity contribution in [2.75, 3.05) is 26.1 Å². The normalized spacial score (nSPS) is 10.5. The summed E-state index contributed by atoms with van der Waals surface area (Å²) in [7, 11) is 3.19. The van der Waals surface area contributed by atoms with Crippen molar-refractivity contribution in [2.24, 2.45) is 0 Å². The van der Waals surface area contributed by atoms with Crippen LogP contribution in [0.5, 0.6) is 17.2 Å². The number of aryl methyl sites for hydroxylation is 2. The van der Waals surface area contributed by atoms with Gasteiger partial charge >= 0.3 is 0 Å². The lowest BCUT2D eigenvalue weighted by molar-refractivity contribution is -0.118. The van der Waals surface area contributed by atoms with Gasteiger partial charge in [-0.3, -0.25) is 9.89 Å². The fourth-order valence-electron chi connectivity index (χ4n) is 2.76. The first-order valence-electron chi connectivity index (χ1n) is 9.10. The molecule has 2 N–H and O–H groups in total. The molecule has 0 radical (unpaired) electrons. The quantitative estimate of drug-likeness (QED) is 0.557. The molecule has 3 aromatic rings. The monoisotopic (exact) mass is 417 g/mol. The molecule has 0 atom stereocenters. The lowest BCUT2D eigenvalue weighted by atomic mass is 10.1. The minimum absolute atomic E-state index is 0.206. The molecular weight excluding hydrogens is 396 g/mol. The van der Waals surface area contributed by atoms with E-state index in [0.717, 1.165) is 23.4 Å². The minimum atomic E-state index is -0.876. The Morgan fingerprint density at radius 1 is 1.03 bits per heavy atom. The Labute approximate surface area is 172 Å². The first-order chi connectivity index (χ1) is 14.5. The van der Waals surface area contributed by atoms with Crippen LogP contribution in [0.4, 0.5) is 14.6 Å². The molecule has 0 aliphatic carbocycles. The minimum Gasteiger partial charge on any atom is -0.497 e. The zero-order valence-corrected chi connectivity index (χ0v) is 16.5. The smallest absolute Gasteiger partial charge is 0.263 e. The van der Waals surface area contributed by atoms with Crippen molar-refractivity contribution in [1.29, 1.82) is 0 Å². The number of amides is 1. The number of hydrogen-bond donors (Lipinski definition) is 2. The van der Waals surface area contributed by atoms with E-state index in [0.29, 0.717) is 36.2 Å². The van der Waals surface area contributed by atoms with Gasteiger partial charge in [0, 0.05) is 23.9 Å². The summed E-state index contributed by atoms with van der Waals surface area (Å²) >= 11 is 0. The van der Waals surface area contributed by atoms with Crippen LogP contribution in [0.3, 0.4) is 0 Å². The molecular formula is C21H21F2N3O4. The third-order valence-corrected chi connectivity index (χ3v) is 4.25. The number of anilines is 1. The second kappa shape index (κ2) is 9.73. The Balaban J connectivity index is 1.51. The number of rotatable bonds is 9. The van der Waals surface area contributed by atoms with E-state index in [1.807, 2.05) is 12.1 Å². The van der Waals surface area contributed by atoms with Gasteiger partial charge in [-0.15, -0.1) is 0 Å². The fraction of sp³-hybridized carbons (Fsp3) is 0.238. The van der Waals surface area contributed by atoms with Gasteiger partial charge < -0.3 is 19.5 Å². The van der Waals surface area contributed by atoms with Crippen LogP contribution >= 0.6 is 0 Å². The number of nitrogens with zero attached hydrogens (tertiary/aromatic N) is 1. The van der Waals surface area contributed by atoms with E-state index in [-0.39, 0.29) is 5.75 Å². The molecule has 1 heterocycles. The first kappa shape index (κ1) is 21.1. The highest BCUT2D eigenvalue weighted by molar-refractivity contribution is 5.90. The average molecular weight is 417 g/mol. The molecule has 0 spiro atoms. The van der Waals surface area contributed by atoms with Crippen molar-refractivity contribution >= 4 is 11.7 Å². The topological polar surface area (TPSA) is 85.5 Å². The number of methoxy groups -OCH3 is 2. The highest BCUT2D eigenvalue weighted by Crippen LogP contribution is 2.23. The highest BCUT2D eigenvalue weighted by Gasteiger charge is 2.10. The van der Waals surface area contributed by atoms with Gasteiger partial charge in [-0.2, -0.15) is 5.10 Å². The molecule has 158 valence electrons. The second-order valence-electron chi connectivity index (χ2n) is 6.41. The van der Waals surface area contributed by atoms with E-state index in [1.165, 1.54) is 0 Å². The van der Waals surface area contributed by atoms with E-state index in [4.69, 9.17) is 14.2 Å². The molecule has 0 unspecified atom stereocenters. The standard InChI is InChI=1S/C21H21F2N3O4/c1-28-16-7-13(8-17(11-16)29-2)3-5-15-10-20(26-25-15)24-21(27)12-30-19-6-4-14(22)9-18(19)23/h4,6-11H,3,5,12H2,1-2H3,(H2,24,25,26,27). The summed E-state index contributed by atoms with van der Waals surface area (Å²) in [6, 6.07) is 10.2. The lowest BCUT2D eigenvalue weighted by Gasteiger charge is -2.08. The van der Waals surface area contributed by atoms with Crippen LogP contribution in [0.2, 0.25) is 0 Å². The van der Waals surface area contributed by atoms with Crippen LogP contribution in [-0.2, 0) is 17.6 Å². The Morgan fingerprint density at radius 2 is 1.77 bits per heavy atom. The number of aromatic amines is 1. The molecule has 0 saturated carbocycles. The van der Waals surface area contributed by atoms with Gasteiger partial charge in [0.2, 0.25) is 0 Å². The Bertz CT molecular complexity index is 1000. The highest BCUT2D eigenvalue weighted by atomic mass is 19.1. The second-order valence-corrected chi connectivity index (χ2v) is 6.41. The summed E-state index contributed by atoms with van der Waals surface area (Å²) in [5.74, 6) is -0.586. The third kappa shape index (κ3) is 5.69. The number of hydrogen-bond acceptors (Lipinski definition) is 5. The number of aromatic nitrogens is 2. The molecule has 3 rings (SSSR count). The maximum absolute atomic E-state index is 13.5. The fourth-order valence-corrected chi connectivity index (χ4v) is 2.76. The van der Waals surface area contributed by atoms with E-state index < -0.39 is 24.1 Å². The summed E-state index contributed by atoms with van der Waals surface area (Å²) in [6.07, 6.45) is 1.35. The van der Waals surface area contributed by atoms with Crippen molar-refractivity contribution in [3.8, 4) is 17.2 Å². The molecule has 0 aliphatic rings. The van der Waals surface area contributed by atoms with Crippen molar-refractivity contribution in [3.05, 3.63) is 65.4 Å². The number of halogens is 2. The van der Waals surface area contributed by atoms with Crippen molar-refractivity contribution in [1.82, 2.24) is 10.2 Å². The molecule has 7 nitrogen and oxygen atoms in total. The van der Waals surface area contributed by atoms with Gasteiger partial charge in [-0.1, -0.05) is 0 Å². The zero-order valence-electron chi connectivity index (χ0n) is 16.5. The maximum atomic E-state index is 13.5. The molecule has 0 bridgehead atoms. The maximum Gasteiger partial charge on any atom is 0.263 e. The SMILES string of the molecule is COc1cc(CCc2cc(NC(=O)COc3ccc(F)cc3F)n[nH]2)cc(OC)c1. The van der Waals surface area contributed by atoms with Gasteiger partial charge in [0.15, 0.2) is 24.0 Å². The Kier molecular flexibility index (Phi) is 6.84. The third-order valence-electron chi connectivity index (χ3n) is 4.25. The summed E-state index contributed by atoms with van der Waals surface area (Å²) in [6.45, 7) is -0.436. The van der Waals surface area contributed by atoms with Gasteiger partial charge in [0.1, 0.15) is 17.3 Å². The van der Waals surface area contributed by atoms with Gasteiger partial charge in [0.05, 0.1) is 14.2 Å². The number of nitrogens with one attached hydrogen (secondary N) is 2. The summed E-state index contributed by atoms with van der Waals surface area (Å²) in [4.78, 5) is 12.0. The van der Waals surface area contributed by atoms with E-state index >= 15 is 0 Å². The lowest BCUT2D eigenvalue weighted by Crippen LogP contribution is -2.20. The summed E-state index contributed by atoms with van der Waals surface area (Å²) < 4.78 is 42.0. The Morgan fingerprint density at radius 3 is 2.43 bits per heavy atom. The van der Waals surface area contributed by atoms with Crippen molar-refractivity contribution in [2.45, 2.75) is 12.8 Å². The first-order valence-corrected chi connectivity index (χ1v) is 9.10. The van der Waals surface area contributed by atoms with E-state index in [2.05, 4.69) is 15.5 Å². The van der Waals surface area contributed by atoms with Crippen LogP contribution in [0.25, 0.3) is 0 Å². The molecule has 0 fully saturated rings. The van der Waals surface area contributed by atoms with Crippen molar-refractivity contribution < 1.29 is 27.8 Å². The largest absolute Gasteiger partial charge is 0.497 e. The van der Waals surface area contributed by atoms with Gasteiger partial charge in [0.25, 0.3) is 5.91 Å². The molecule has 1 aromatic heterocycles. The van der Waals surface area contributed by atoms with Crippen LogP contribution in [0.1, 0.15) is 11.3 Å². The number of carbonyl (C=O) groups excluding carboxylic acids is 1. The van der Waals surface area contributed by atoms with Gasteiger partial charge in [-0.05, 0) is 42.7 Å². The van der Waals surface area contributed by atoms with Crippen LogP contribution < -0.4 is 19.5 Å². The number of carbonyl (C=O) groups is 1. The van der Waals surface area contributed by atoms with Crippen LogP contribution in [0, 0.1) is 11.6 Å². The summed E-state index contributed by atoms with van der Waals surface area (Å²) in [5.41, 5.74) is 1.85. The zero-order chi connectivity index (χ0) is 21.5. The average Bonchev–Trinajstić information content (AvgIpc) is 3.18. The molecule has 2 aromatic carbocycles.